The van der Waals surface area contributed by atoms with E-state index in [0.29, 0.717) is 40.9 Å². The zero-order chi connectivity index (χ0) is 24.1. The van der Waals surface area contributed by atoms with E-state index in [1.807, 2.05) is 50.5 Å². The molecule has 0 spiro atoms. The third kappa shape index (κ3) is 5.41. The van der Waals surface area contributed by atoms with Gasteiger partial charge in [0.05, 0.1) is 16.8 Å². The van der Waals surface area contributed by atoms with Gasteiger partial charge in [-0.25, -0.2) is 4.98 Å². The Kier molecular flexibility index (Phi) is 7.83. The Morgan fingerprint density at radius 3 is 2.15 bits per heavy atom. The average Bonchev–Trinajstić information content (AvgIpc) is 3.30. The fourth-order valence-electron chi connectivity index (χ4n) is 3.93. The van der Waals surface area contributed by atoms with Gasteiger partial charge in [-0.3, -0.25) is 9.69 Å². The summed E-state index contributed by atoms with van der Waals surface area (Å²) < 4.78 is 6.31. The van der Waals surface area contributed by atoms with Crippen molar-refractivity contribution < 1.29 is 9.53 Å². The highest BCUT2D eigenvalue weighted by atomic mass is 35.5. The number of aromatic nitrogens is 1. The van der Waals surface area contributed by atoms with Gasteiger partial charge in [0.1, 0.15) is 11.3 Å². The lowest BCUT2D eigenvalue weighted by Gasteiger charge is -2.25. The van der Waals surface area contributed by atoms with Crippen molar-refractivity contribution in [3.8, 4) is 5.75 Å². The molecular formula is C27H28ClN3O2S. The molecule has 0 aliphatic rings. The number of amides is 1. The first kappa shape index (κ1) is 24.2. The summed E-state index contributed by atoms with van der Waals surface area (Å²) in [6, 6.07) is 24.0. The van der Waals surface area contributed by atoms with E-state index in [0.717, 1.165) is 15.8 Å². The molecule has 1 amide bonds. The second-order valence-corrected chi connectivity index (χ2v) is 9.74. The van der Waals surface area contributed by atoms with E-state index in [4.69, 9.17) is 21.3 Å². The third-order valence-corrected chi connectivity index (χ3v) is 7.29. The van der Waals surface area contributed by atoms with E-state index in [2.05, 4.69) is 29.2 Å². The average molecular weight is 494 g/mol. The number of fused-ring (bicyclic) bond motifs is 1. The van der Waals surface area contributed by atoms with Crippen molar-refractivity contribution in [3.05, 3.63) is 88.9 Å². The van der Waals surface area contributed by atoms with Crippen LogP contribution in [0.4, 0.5) is 5.13 Å². The Morgan fingerprint density at radius 2 is 1.59 bits per heavy atom. The molecule has 0 atom stereocenters. The normalized spacial score (nSPS) is 11.4. The van der Waals surface area contributed by atoms with Gasteiger partial charge >= 0.3 is 0 Å². The van der Waals surface area contributed by atoms with Crippen LogP contribution in [0.3, 0.4) is 0 Å². The van der Waals surface area contributed by atoms with Gasteiger partial charge in [-0.05, 0) is 37.4 Å². The molecule has 5 nitrogen and oxygen atoms in total. The molecule has 0 unspecified atom stereocenters. The molecule has 0 bridgehead atoms. The van der Waals surface area contributed by atoms with Crippen LogP contribution in [0.1, 0.15) is 23.5 Å². The molecule has 1 heterocycles. The number of anilines is 1. The lowest BCUT2D eigenvalue weighted by Crippen LogP contribution is -2.37. The number of hydrogen-bond acceptors (Lipinski definition) is 5. The van der Waals surface area contributed by atoms with Gasteiger partial charge in [0, 0.05) is 25.4 Å². The molecule has 4 rings (SSSR count). The zero-order valence-corrected chi connectivity index (χ0v) is 21.1. The highest BCUT2D eigenvalue weighted by Crippen LogP contribution is 2.39. The van der Waals surface area contributed by atoms with Gasteiger partial charge in [0.25, 0.3) is 0 Å². The minimum atomic E-state index is -0.0516. The summed E-state index contributed by atoms with van der Waals surface area (Å²) in [5.41, 5.74) is 2.91. The van der Waals surface area contributed by atoms with Crippen LogP contribution in [0.15, 0.2) is 72.8 Å². The molecule has 0 aliphatic heterocycles. The Hall–Kier alpha value is -2.93. The molecule has 176 valence electrons. The molecule has 0 fully saturated rings. The van der Waals surface area contributed by atoms with Crippen LogP contribution >= 0.6 is 22.9 Å². The number of carbonyl (C=O) groups excluding carboxylic acids is 1. The molecule has 0 N–H and O–H groups in total. The molecule has 0 saturated heterocycles. The number of methoxy groups -OCH3 is 1. The maximum Gasteiger partial charge on any atom is 0.229 e. The van der Waals surface area contributed by atoms with Gasteiger partial charge in [-0.15, -0.1) is 0 Å². The molecule has 7 heteroatoms. The highest BCUT2D eigenvalue weighted by Gasteiger charge is 2.26. The number of likely N-dealkylation sites (N-methyl/N-ethyl adjacent to an activating group) is 1. The van der Waals surface area contributed by atoms with Crippen molar-refractivity contribution in [2.24, 2.45) is 0 Å². The number of thiazole rings is 1. The summed E-state index contributed by atoms with van der Waals surface area (Å²) in [6.07, 6.45) is 0.336. The Balaban J connectivity index is 1.71. The fraction of sp³-hybridized carbons (Fsp3) is 0.259. The number of halogens is 1. The first-order valence-electron chi connectivity index (χ1n) is 11.2. The predicted octanol–water partition coefficient (Wildman–Crippen LogP) is 6.08. The highest BCUT2D eigenvalue weighted by molar-refractivity contribution is 7.23. The molecule has 3 aromatic carbocycles. The fourth-order valence-corrected chi connectivity index (χ4v) is 5.23. The molecule has 0 saturated carbocycles. The minimum absolute atomic E-state index is 0.0219. The number of benzene rings is 3. The second kappa shape index (κ2) is 11.0. The van der Waals surface area contributed by atoms with E-state index >= 15 is 0 Å². The summed E-state index contributed by atoms with van der Waals surface area (Å²) in [7, 11) is 5.61. The van der Waals surface area contributed by atoms with Crippen molar-refractivity contribution in [3.63, 3.8) is 0 Å². The standard InChI is InChI=1S/C27H28ClN3O2S/c1-30(2)16-17-31(27-29-25-23(33-3)15-14-22(28)26(25)34-27)24(32)18-21(19-10-6-4-7-11-19)20-12-8-5-9-13-20/h4-15,21H,16-18H2,1-3H3. The summed E-state index contributed by atoms with van der Waals surface area (Å²) >= 11 is 7.88. The maximum absolute atomic E-state index is 13.8. The SMILES string of the molecule is COc1ccc(Cl)c2sc(N(CCN(C)C)C(=O)CC(c3ccccc3)c3ccccc3)nc12. The van der Waals surface area contributed by atoms with Gasteiger partial charge in [-0.1, -0.05) is 83.6 Å². The summed E-state index contributed by atoms with van der Waals surface area (Å²) in [6.45, 7) is 1.25. The summed E-state index contributed by atoms with van der Waals surface area (Å²) in [4.78, 5) is 22.5. The molecule has 4 aromatic rings. The largest absolute Gasteiger partial charge is 0.494 e. The van der Waals surface area contributed by atoms with Crippen LogP contribution in [0.2, 0.25) is 5.02 Å². The van der Waals surface area contributed by atoms with E-state index in [1.165, 1.54) is 11.3 Å². The van der Waals surface area contributed by atoms with Crippen LogP contribution in [0.25, 0.3) is 10.2 Å². The lowest BCUT2D eigenvalue weighted by molar-refractivity contribution is -0.118. The molecule has 34 heavy (non-hydrogen) atoms. The predicted molar refractivity (Wildman–Crippen MR) is 141 cm³/mol. The van der Waals surface area contributed by atoms with Crippen molar-refractivity contribution in [1.29, 1.82) is 0 Å². The first-order valence-corrected chi connectivity index (χ1v) is 12.4. The number of ether oxygens (including phenoxy) is 1. The van der Waals surface area contributed by atoms with Gasteiger partial charge in [0.15, 0.2) is 5.13 Å². The van der Waals surface area contributed by atoms with E-state index in [1.54, 1.807) is 24.1 Å². The smallest absolute Gasteiger partial charge is 0.229 e. The monoisotopic (exact) mass is 493 g/mol. The first-order chi connectivity index (χ1) is 16.5. The van der Waals surface area contributed by atoms with E-state index in [9.17, 15) is 4.79 Å². The zero-order valence-electron chi connectivity index (χ0n) is 19.6. The number of hydrogen-bond donors (Lipinski definition) is 0. The van der Waals surface area contributed by atoms with Crippen LogP contribution in [-0.2, 0) is 4.79 Å². The van der Waals surface area contributed by atoms with Gasteiger partial charge < -0.3 is 9.64 Å². The Morgan fingerprint density at radius 1 is 0.971 bits per heavy atom. The van der Waals surface area contributed by atoms with Crippen molar-refractivity contribution in [1.82, 2.24) is 9.88 Å². The van der Waals surface area contributed by atoms with Crippen molar-refractivity contribution in [2.75, 3.05) is 39.2 Å². The van der Waals surface area contributed by atoms with E-state index in [-0.39, 0.29) is 11.8 Å². The number of rotatable bonds is 9. The number of nitrogens with zero attached hydrogens (tertiary/aromatic N) is 3. The van der Waals surface area contributed by atoms with Crippen LogP contribution in [0, 0.1) is 0 Å². The maximum atomic E-state index is 13.8. The quantitative estimate of drug-likeness (QED) is 0.283. The van der Waals surface area contributed by atoms with Crippen LogP contribution < -0.4 is 9.64 Å². The summed E-state index contributed by atoms with van der Waals surface area (Å²) in [5, 5.41) is 1.24. The second-order valence-electron chi connectivity index (χ2n) is 8.35. The van der Waals surface area contributed by atoms with Gasteiger partial charge in [-0.2, -0.15) is 0 Å². The molecule has 1 aromatic heterocycles. The van der Waals surface area contributed by atoms with Crippen molar-refractivity contribution >= 4 is 44.2 Å². The molecule has 0 radical (unpaired) electrons. The van der Waals surface area contributed by atoms with Gasteiger partial charge in [0.2, 0.25) is 5.91 Å². The Bertz CT molecular complexity index is 1210. The third-order valence-electron chi connectivity index (χ3n) is 5.75. The summed E-state index contributed by atoms with van der Waals surface area (Å²) in [5.74, 6) is 0.617. The van der Waals surface area contributed by atoms with Crippen LogP contribution in [-0.4, -0.2) is 50.1 Å². The Labute approximate surface area is 209 Å². The van der Waals surface area contributed by atoms with Crippen LogP contribution in [0.5, 0.6) is 5.75 Å². The lowest BCUT2D eigenvalue weighted by atomic mass is 9.88. The molecule has 0 aliphatic carbocycles. The molecular weight excluding hydrogens is 466 g/mol. The van der Waals surface area contributed by atoms with Crippen molar-refractivity contribution in [2.45, 2.75) is 12.3 Å². The number of carbonyl (C=O) groups is 1. The minimum Gasteiger partial charge on any atom is -0.494 e. The van der Waals surface area contributed by atoms with E-state index < -0.39 is 0 Å². The topological polar surface area (TPSA) is 45.7 Å².